The molecule has 5 heteroatoms. The summed E-state index contributed by atoms with van der Waals surface area (Å²) in [5, 5.41) is 7.04. The third-order valence-electron chi connectivity index (χ3n) is 2.83. The van der Waals surface area contributed by atoms with Crippen molar-refractivity contribution in [2.75, 3.05) is 5.32 Å². The second kappa shape index (κ2) is 3.93. The van der Waals surface area contributed by atoms with E-state index in [1.165, 1.54) is 0 Å². The van der Waals surface area contributed by atoms with E-state index in [-0.39, 0.29) is 0 Å². The van der Waals surface area contributed by atoms with Gasteiger partial charge in [0.15, 0.2) is 5.75 Å². The van der Waals surface area contributed by atoms with Crippen LogP contribution in [0.1, 0.15) is 11.1 Å². The molecule has 0 fully saturated rings. The van der Waals surface area contributed by atoms with E-state index in [0.717, 1.165) is 34.9 Å². The average molecular weight is 228 g/mol. The van der Waals surface area contributed by atoms with E-state index in [1.807, 2.05) is 12.1 Å². The first-order chi connectivity index (χ1) is 8.34. The van der Waals surface area contributed by atoms with Crippen molar-refractivity contribution in [3.05, 3.63) is 35.7 Å². The van der Waals surface area contributed by atoms with E-state index in [0.29, 0.717) is 0 Å². The monoisotopic (exact) mass is 228 g/mol. The van der Waals surface area contributed by atoms with Crippen LogP contribution in [0.4, 0.5) is 11.6 Å². The number of oxime groups is 1. The third-order valence-corrected chi connectivity index (χ3v) is 2.83. The lowest BCUT2D eigenvalue weighted by Gasteiger charge is -2.16. The molecule has 17 heavy (non-hydrogen) atoms. The zero-order valence-corrected chi connectivity index (χ0v) is 9.40. The fourth-order valence-corrected chi connectivity index (χ4v) is 1.89. The van der Waals surface area contributed by atoms with E-state index in [1.54, 1.807) is 18.6 Å². The van der Waals surface area contributed by atoms with Gasteiger partial charge in [-0.15, -0.1) is 0 Å². The topological polar surface area (TPSA) is 62.3 Å². The molecule has 0 bridgehead atoms. The molecule has 0 atom stereocenters. The Bertz CT molecular complexity index is 560. The standard InChI is InChI=1S/C12H12N4O/c1-8-9-4-5-15-17-11(9)3-2-10(8)16-12-13-6-7-14-12/h2-3,5-7H,4H2,1H3,(H2,13,14,16). The van der Waals surface area contributed by atoms with Crippen LogP contribution in [0.2, 0.25) is 0 Å². The molecule has 3 rings (SSSR count). The van der Waals surface area contributed by atoms with E-state index in [9.17, 15) is 0 Å². The van der Waals surface area contributed by atoms with Gasteiger partial charge in [0.05, 0.1) is 0 Å². The quantitative estimate of drug-likeness (QED) is 0.829. The van der Waals surface area contributed by atoms with Crippen LogP contribution in [0.15, 0.2) is 29.7 Å². The summed E-state index contributed by atoms with van der Waals surface area (Å²) < 4.78 is 0. The lowest BCUT2D eigenvalue weighted by atomic mass is 10.0. The molecule has 86 valence electrons. The number of nitrogens with zero attached hydrogens (tertiary/aromatic N) is 2. The van der Waals surface area contributed by atoms with Gasteiger partial charge in [0.2, 0.25) is 5.95 Å². The minimum Gasteiger partial charge on any atom is -0.357 e. The summed E-state index contributed by atoms with van der Waals surface area (Å²) in [4.78, 5) is 12.4. The van der Waals surface area contributed by atoms with Gasteiger partial charge in [0, 0.05) is 36.3 Å². The average Bonchev–Trinajstić information content (AvgIpc) is 2.86. The van der Waals surface area contributed by atoms with Crippen LogP contribution >= 0.6 is 0 Å². The van der Waals surface area contributed by atoms with Crippen LogP contribution in [0, 0.1) is 6.92 Å². The molecule has 0 saturated heterocycles. The Balaban J connectivity index is 1.97. The van der Waals surface area contributed by atoms with Crippen LogP contribution in [0.3, 0.4) is 0 Å². The smallest absolute Gasteiger partial charge is 0.204 e. The van der Waals surface area contributed by atoms with E-state index < -0.39 is 0 Å². The Hall–Kier alpha value is -2.30. The van der Waals surface area contributed by atoms with Crippen LogP contribution in [0.25, 0.3) is 0 Å². The first-order valence-corrected chi connectivity index (χ1v) is 5.42. The van der Waals surface area contributed by atoms with Crippen LogP contribution in [-0.4, -0.2) is 16.2 Å². The Morgan fingerprint density at radius 2 is 2.35 bits per heavy atom. The molecule has 2 N–H and O–H groups in total. The van der Waals surface area contributed by atoms with Gasteiger partial charge in [-0.2, -0.15) is 0 Å². The van der Waals surface area contributed by atoms with Gasteiger partial charge in [0.1, 0.15) is 0 Å². The van der Waals surface area contributed by atoms with Gasteiger partial charge in [-0.1, -0.05) is 5.16 Å². The number of rotatable bonds is 2. The number of H-pyrrole nitrogens is 1. The second-order valence-electron chi connectivity index (χ2n) is 3.86. The van der Waals surface area contributed by atoms with Crippen LogP contribution in [-0.2, 0) is 6.42 Å². The minimum atomic E-state index is 0.735. The van der Waals surface area contributed by atoms with Crippen LogP contribution < -0.4 is 10.2 Å². The van der Waals surface area contributed by atoms with Crippen molar-refractivity contribution in [2.24, 2.45) is 5.16 Å². The van der Waals surface area contributed by atoms with E-state index in [2.05, 4.69) is 27.4 Å². The van der Waals surface area contributed by atoms with Gasteiger partial charge >= 0.3 is 0 Å². The van der Waals surface area contributed by atoms with Crippen molar-refractivity contribution in [1.29, 1.82) is 0 Å². The van der Waals surface area contributed by atoms with Gasteiger partial charge in [0.25, 0.3) is 0 Å². The molecule has 5 nitrogen and oxygen atoms in total. The van der Waals surface area contributed by atoms with Gasteiger partial charge in [-0.25, -0.2) is 4.98 Å². The molecular formula is C12H12N4O. The highest BCUT2D eigenvalue weighted by Gasteiger charge is 2.13. The third kappa shape index (κ3) is 1.75. The fourth-order valence-electron chi connectivity index (χ4n) is 1.89. The Labute approximate surface area is 98.5 Å². The van der Waals surface area contributed by atoms with Gasteiger partial charge in [-0.3, -0.25) is 0 Å². The first kappa shape index (κ1) is 9.89. The summed E-state index contributed by atoms with van der Waals surface area (Å²) in [6, 6.07) is 3.89. The zero-order valence-electron chi connectivity index (χ0n) is 9.40. The van der Waals surface area contributed by atoms with Crippen molar-refractivity contribution < 1.29 is 4.84 Å². The largest absolute Gasteiger partial charge is 0.357 e. The molecule has 0 aliphatic carbocycles. The Kier molecular flexibility index (Phi) is 2.29. The number of hydrogen-bond acceptors (Lipinski definition) is 4. The Morgan fingerprint density at radius 3 is 3.18 bits per heavy atom. The van der Waals surface area contributed by atoms with Crippen molar-refractivity contribution in [2.45, 2.75) is 13.3 Å². The highest BCUT2D eigenvalue weighted by atomic mass is 16.6. The molecule has 1 aromatic carbocycles. The van der Waals surface area contributed by atoms with Crippen LogP contribution in [0.5, 0.6) is 5.75 Å². The number of aromatic nitrogens is 2. The first-order valence-electron chi connectivity index (χ1n) is 5.42. The van der Waals surface area contributed by atoms with Crippen molar-refractivity contribution in [3.8, 4) is 5.75 Å². The van der Waals surface area contributed by atoms with Gasteiger partial charge in [-0.05, 0) is 24.6 Å². The number of fused-ring (bicyclic) bond motifs is 1. The number of aromatic amines is 1. The molecule has 1 aliphatic heterocycles. The molecule has 0 unspecified atom stereocenters. The summed E-state index contributed by atoms with van der Waals surface area (Å²) in [5.41, 5.74) is 3.35. The number of anilines is 2. The molecular weight excluding hydrogens is 216 g/mol. The predicted octanol–water partition coefficient (Wildman–Crippen LogP) is 2.38. The SMILES string of the molecule is Cc1c(Nc2ncc[nH]2)ccc2c1CC=NO2. The molecule has 0 spiro atoms. The molecule has 1 aromatic heterocycles. The number of nitrogens with one attached hydrogen (secondary N) is 2. The highest BCUT2D eigenvalue weighted by molar-refractivity contribution is 5.71. The van der Waals surface area contributed by atoms with Crippen molar-refractivity contribution >= 4 is 17.9 Å². The maximum atomic E-state index is 5.21. The number of benzene rings is 1. The highest BCUT2D eigenvalue weighted by Crippen LogP contribution is 2.31. The maximum absolute atomic E-state index is 5.21. The maximum Gasteiger partial charge on any atom is 0.204 e. The lowest BCUT2D eigenvalue weighted by molar-refractivity contribution is 0.333. The number of hydrogen-bond donors (Lipinski definition) is 2. The molecule has 0 amide bonds. The lowest BCUT2D eigenvalue weighted by Crippen LogP contribution is -2.05. The summed E-state index contributed by atoms with van der Waals surface area (Å²) in [5.74, 6) is 1.56. The number of imidazole rings is 1. The molecule has 1 aliphatic rings. The van der Waals surface area contributed by atoms with E-state index in [4.69, 9.17) is 4.84 Å². The molecule has 0 radical (unpaired) electrons. The minimum absolute atomic E-state index is 0.735. The molecule has 2 heterocycles. The normalized spacial score (nSPS) is 13.0. The summed E-state index contributed by atoms with van der Waals surface area (Å²) in [6.45, 7) is 2.06. The fraction of sp³-hybridized carbons (Fsp3) is 0.167. The van der Waals surface area contributed by atoms with Gasteiger partial charge < -0.3 is 15.1 Å². The van der Waals surface area contributed by atoms with Crippen molar-refractivity contribution in [1.82, 2.24) is 9.97 Å². The molecule has 2 aromatic rings. The van der Waals surface area contributed by atoms with E-state index >= 15 is 0 Å². The zero-order chi connectivity index (χ0) is 11.7. The summed E-state index contributed by atoms with van der Waals surface area (Å²) in [6.07, 6.45) is 6.07. The summed E-state index contributed by atoms with van der Waals surface area (Å²) in [7, 11) is 0. The predicted molar refractivity (Wildman–Crippen MR) is 65.9 cm³/mol. The molecule has 0 saturated carbocycles. The Morgan fingerprint density at radius 1 is 1.41 bits per heavy atom. The second-order valence-corrected chi connectivity index (χ2v) is 3.86. The summed E-state index contributed by atoms with van der Waals surface area (Å²) >= 11 is 0. The van der Waals surface area contributed by atoms with Crippen molar-refractivity contribution in [3.63, 3.8) is 0 Å².